The van der Waals surface area contributed by atoms with Crippen LogP contribution in [0.4, 0.5) is 0 Å². The zero-order chi connectivity index (χ0) is 12.5. The van der Waals surface area contributed by atoms with Gasteiger partial charge in [-0.3, -0.25) is 19.3 Å². The molecule has 0 aromatic heterocycles. The summed E-state index contributed by atoms with van der Waals surface area (Å²) in [5, 5.41) is 2.43. The fourth-order valence-corrected chi connectivity index (χ4v) is 2.91. The van der Waals surface area contributed by atoms with Gasteiger partial charge in [0.2, 0.25) is 17.7 Å². The number of rotatable bonds is 2. The molecule has 1 aliphatic heterocycles. The van der Waals surface area contributed by atoms with Crippen LogP contribution in [0.2, 0.25) is 0 Å². The van der Waals surface area contributed by atoms with E-state index in [1.54, 1.807) is 0 Å². The van der Waals surface area contributed by atoms with Gasteiger partial charge in [0.05, 0.1) is 0 Å². The first-order chi connectivity index (χ1) is 8.06. The van der Waals surface area contributed by atoms with Gasteiger partial charge in [-0.2, -0.15) is 0 Å². The molecule has 0 bridgehead atoms. The lowest BCUT2D eigenvalue weighted by Gasteiger charge is -2.36. The van der Waals surface area contributed by atoms with E-state index in [4.69, 9.17) is 0 Å². The summed E-state index contributed by atoms with van der Waals surface area (Å²) in [5.41, 5.74) is -0.0899. The van der Waals surface area contributed by atoms with Crippen molar-refractivity contribution in [3.05, 3.63) is 0 Å². The number of likely N-dealkylation sites (tertiary alicyclic amines) is 1. The van der Waals surface area contributed by atoms with Gasteiger partial charge < -0.3 is 5.32 Å². The first kappa shape index (κ1) is 12.1. The second-order valence-corrected chi connectivity index (χ2v) is 5.11. The molecule has 1 N–H and O–H groups in total. The number of piperidine rings is 1. The number of carbonyl (C=O) groups is 3. The fraction of sp³-hybridized carbons (Fsp3) is 0.750. The molecule has 5 heteroatoms. The summed E-state index contributed by atoms with van der Waals surface area (Å²) in [6.07, 6.45) is 5.01. The van der Waals surface area contributed by atoms with Crippen molar-refractivity contribution in [3.8, 4) is 0 Å². The van der Waals surface area contributed by atoms with Gasteiger partial charge in [0.15, 0.2) is 0 Å². The van der Waals surface area contributed by atoms with Crippen LogP contribution in [0.1, 0.15) is 38.5 Å². The Bertz CT molecular complexity index is 339. The molecule has 3 amide bonds. The van der Waals surface area contributed by atoms with Crippen molar-refractivity contribution in [2.45, 2.75) is 38.5 Å². The van der Waals surface area contributed by atoms with Crippen molar-refractivity contribution in [1.29, 1.82) is 0 Å². The number of hydrogen-bond donors (Lipinski definition) is 1. The standard InChI is InChI=1S/C12H18N2O3/c1-13-9(15)8-14-10(16)6-12(7-11(14)17)4-2-3-5-12/h2-8H2,1H3,(H,13,15). The van der Waals surface area contributed by atoms with Gasteiger partial charge in [-0.25, -0.2) is 0 Å². The lowest BCUT2D eigenvalue weighted by atomic mass is 9.76. The molecule has 1 saturated carbocycles. The number of likely N-dealkylation sites (N-methyl/N-ethyl adjacent to an activating group) is 1. The van der Waals surface area contributed by atoms with Gasteiger partial charge in [0, 0.05) is 19.9 Å². The number of hydrogen-bond acceptors (Lipinski definition) is 3. The van der Waals surface area contributed by atoms with Crippen LogP contribution in [0.15, 0.2) is 0 Å². The monoisotopic (exact) mass is 238 g/mol. The van der Waals surface area contributed by atoms with E-state index in [-0.39, 0.29) is 29.7 Å². The second-order valence-electron chi connectivity index (χ2n) is 5.11. The fourth-order valence-electron chi connectivity index (χ4n) is 2.91. The average molecular weight is 238 g/mol. The van der Waals surface area contributed by atoms with Crippen LogP contribution in [-0.2, 0) is 14.4 Å². The third-order valence-electron chi connectivity index (χ3n) is 3.90. The van der Waals surface area contributed by atoms with Gasteiger partial charge in [-0.15, -0.1) is 0 Å². The molecule has 1 spiro atoms. The number of imide groups is 1. The lowest BCUT2D eigenvalue weighted by Crippen LogP contribution is -2.50. The molecule has 0 unspecified atom stereocenters. The second kappa shape index (κ2) is 4.47. The normalized spacial score (nSPS) is 23.2. The highest BCUT2D eigenvalue weighted by atomic mass is 16.2. The molecular weight excluding hydrogens is 220 g/mol. The minimum Gasteiger partial charge on any atom is -0.358 e. The van der Waals surface area contributed by atoms with Gasteiger partial charge in [-0.05, 0) is 18.3 Å². The number of carbonyl (C=O) groups excluding carboxylic acids is 3. The Hall–Kier alpha value is -1.39. The highest BCUT2D eigenvalue weighted by Gasteiger charge is 2.45. The molecule has 1 heterocycles. The zero-order valence-corrected chi connectivity index (χ0v) is 10.1. The van der Waals surface area contributed by atoms with E-state index in [0.29, 0.717) is 12.8 Å². The molecule has 1 saturated heterocycles. The number of nitrogens with one attached hydrogen (secondary N) is 1. The minimum atomic E-state index is -0.297. The van der Waals surface area contributed by atoms with Crippen molar-refractivity contribution in [2.75, 3.05) is 13.6 Å². The Balaban J connectivity index is 2.06. The van der Waals surface area contributed by atoms with E-state index < -0.39 is 0 Å². The van der Waals surface area contributed by atoms with Crippen LogP contribution < -0.4 is 5.32 Å². The third-order valence-corrected chi connectivity index (χ3v) is 3.90. The predicted octanol–water partition coefficient (Wildman–Crippen LogP) is 0.442. The molecule has 1 aliphatic carbocycles. The Kier molecular flexibility index (Phi) is 3.17. The van der Waals surface area contributed by atoms with E-state index in [1.807, 2.05) is 0 Å². The number of nitrogens with zero attached hydrogens (tertiary/aromatic N) is 1. The third kappa shape index (κ3) is 2.33. The maximum absolute atomic E-state index is 11.9. The van der Waals surface area contributed by atoms with E-state index in [2.05, 4.69) is 5.32 Å². The summed E-state index contributed by atoms with van der Waals surface area (Å²) in [6, 6.07) is 0. The molecule has 0 atom stereocenters. The van der Waals surface area contributed by atoms with E-state index in [1.165, 1.54) is 7.05 Å². The SMILES string of the molecule is CNC(=O)CN1C(=O)CC2(CCCC2)CC1=O. The molecule has 0 aromatic carbocycles. The maximum Gasteiger partial charge on any atom is 0.239 e. The summed E-state index contributed by atoms with van der Waals surface area (Å²) >= 11 is 0. The van der Waals surface area contributed by atoms with Gasteiger partial charge in [0.25, 0.3) is 0 Å². The first-order valence-electron chi connectivity index (χ1n) is 6.10. The molecule has 0 radical (unpaired) electrons. The molecule has 94 valence electrons. The molecule has 2 rings (SSSR count). The van der Waals surface area contributed by atoms with Crippen molar-refractivity contribution in [2.24, 2.45) is 5.41 Å². The predicted molar refractivity (Wildman–Crippen MR) is 60.9 cm³/mol. The van der Waals surface area contributed by atoms with Crippen molar-refractivity contribution in [3.63, 3.8) is 0 Å². The quantitative estimate of drug-likeness (QED) is 0.710. The van der Waals surface area contributed by atoms with Crippen LogP contribution in [0.25, 0.3) is 0 Å². The van der Waals surface area contributed by atoms with Crippen molar-refractivity contribution < 1.29 is 14.4 Å². The molecule has 5 nitrogen and oxygen atoms in total. The summed E-state index contributed by atoms with van der Waals surface area (Å²) in [5.74, 6) is -0.674. The molecule has 0 aromatic rings. The van der Waals surface area contributed by atoms with Gasteiger partial charge in [0.1, 0.15) is 6.54 Å². The summed E-state index contributed by atoms with van der Waals surface area (Å²) < 4.78 is 0. The van der Waals surface area contributed by atoms with Crippen LogP contribution >= 0.6 is 0 Å². The summed E-state index contributed by atoms with van der Waals surface area (Å²) in [7, 11) is 1.50. The molecule has 17 heavy (non-hydrogen) atoms. The van der Waals surface area contributed by atoms with E-state index in [9.17, 15) is 14.4 Å². The van der Waals surface area contributed by atoms with Crippen LogP contribution in [0, 0.1) is 5.41 Å². The van der Waals surface area contributed by atoms with Crippen LogP contribution in [-0.4, -0.2) is 36.2 Å². The Morgan fingerprint density at radius 2 is 1.76 bits per heavy atom. The summed E-state index contributed by atoms with van der Waals surface area (Å²) in [6.45, 7) is -0.135. The first-order valence-corrected chi connectivity index (χ1v) is 6.10. The number of amides is 3. The van der Waals surface area contributed by atoms with E-state index in [0.717, 1.165) is 30.6 Å². The van der Waals surface area contributed by atoms with Crippen LogP contribution in [0.3, 0.4) is 0 Å². The Morgan fingerprint density at radius 3 is 2.24 bits per heavy atom. The van der Waals surface area contributed by atoms with E-state index >= 15 is 0 Å². The maximum atomic E-state index is 11.9. The highest BCUT2D eigenvalue weighted by Crippen LogP contribution is 2.46. The van der Waals surface area contributed by atoms with Crippen molar-refractivity contribution in [1.82, 2.24) is 10.2 Å². The van der Waals surface area contributed by atoms with Crippen molar-refractivity contribution >= 4 is 17.7 Å². The average Bonchev–Trinajstić information content (AvgIpc) is 2.71. The zero-order valence-electron chi connectivity index (χ0n) is 10.1. The molecule has 2 fully saturated rings. The smallest absolute Gasteiger partial charge is 0.239 e. The summed E-state index contributed by atoms with van der Waals surface area (Å²) in [4.78, 5) is 36.2. The minimum absolute atomic E-state index is 0.0899. The Labute approximate surface area is 101 Å². The van der Waals surface area contributed by atoms with Gasteiger partial charge in [-0.1, -0.05) is 12.8 Å². The topological polar surface area (TPSA) is 66.5 Å². The molecular formula is C12H18N2O3. The van der Waals surface area contributed by atoms with Gasteiger partial charge >= 0.3 is 0 Å². The Morgan fingerprint density at radius 1 is 1.24 bits per heavy atom. The molecule has 2 aliphatic rings. The lowest BCUT2D eigenvalue weighted by molar-refractivity contribution is -0.155. The highest BCUT2D eigenvalue weighted by molar-refractivity contribution is 6.01. The van der Waals surface area contributed by atoms with Crippen LogP contribution in [0.5, 0.6) is 0 Å². The largest absolute Gasteiger partial charge is 0.358 e.